The molecule has 1 aromatic carbocycles. The maximum atomic E-state index is 11.7. The summed E-state index contributed by atoms with van der Waals surface area (Å²) in [6.07, 6.45) is 0.0503. The van der Waals surface area contributed by atoms with Crippen molar-refractivity contribution in [3.63, 3.8) is 0 Å². The minimum Gasteiger partial charge on any atom is -0.481 e. The Morgan fingerprint density at radius 1 is 1.30 bits per heavy atom. The molecule has 0 radical (unpaired) electrons. The highest BCUT2D eigenvalue weighted by molar-refractivity contribution is 5.80. The maximum Gasteiger partial charge on any atom is 0.308 e. The number of carboxylic acid groups (broad SMARTS) is 1. The Morgan fingerprint density at radius 2 is 1.85 bits per heavy atom. The third-order valence-corrected chi connectivity index (χ3v) is 3.04. The second-order valence-electron chi connectivity index (χ2n) is 4.58. The Kier molecular flexibility index (Phi) is 5.19. The number of nitro groups is 1. The number of hydrogen-bond donors (Lipinski definition) is 2. The van der Waals surface area contributed by atoms with E-state index in [1.54, 1.807) is 6.92 Å². The molecule has 0 bridgehead atoms. The van der Waals surface area contributed by atoms with Gasteiger partial charge in [0.15, 0.2) is 0 Å². The Labute approximate surface area is 115 Å². The number of hydrogen-bond acceptors (Lipinski definition) is 4. The van der Waals surface area contributed by atoms with Crippen LogP contribution in [0.3, 0.4) is 0 Å². The monoisotopic (exact) mass is 280 g/mol. The largest absolute Gasteiger partial charge is 0.481 e. The summed E-state index contributed by atoms with van der Waals surface area (Å²) < 4.78 is 0. The number of carboxylic acids is 1. The fraction of sp³-hybridized carbons (Fsp3) is 0.385. The van der Waals surface area contributed by atoms with Gasteiger partial charge in [-0.05, 0) is 19.4 Å². The summed E-state index contributed by atoms with van der Waals surface area (Å²) in [4.78, 5) is 32.5. The van der Waals surface area contributed by atoms with Gasteiger partial charge in [-0.3, -0.25) is 19.7 Å². The summed E-state index contributed by atoms with van der Waals surface area (Å²) in [6.45, 7) is 3.13. The molecule has 1 aromatic rings. The first-order valence-electron chi connectivity index (χ1n) is 6.06. The topological polar surface area (TPSA) is 110 Å². The second-order valence-corrected chi connectivity index (χ2v) is 4.58. The molecule has 2 unspecified atom stereocenters. The third kappa shape index (κ3) is 4.34. The van der Waals surface area contributed by atoms with E-state index in [2.05, 4.69) is 5.32 Å². The first-order valence-corrected chi connectivity index (χ1v) is 6.06. The molecule has 0 heterocycles. The zero-order valence-corrected chi connectivity index (χ0v) is 11.2. The van der Waals surface area contributed by atoms with Gasteiger partial charge in [-0.25, -0.2) is 0 Å². The molecule has 1 amide bonds. The van der Waals surface area contributed by atoms with Gasteiger partial charge in [-0.15, -0.1) is 0 Å². The van der Waals surface area contributed by atoms with E-state index in [-0.39, 0.29) is 18.0 Å². The number of carbonyl (C=O) groups is 2. The number of amides is 1. The van der Waals surface area contributed by atoms with Gasteiger partial charge < -0.3 is 10.4 Å². The van der Waals surface area contributed by atoms with Crippen LogP contribution in [-0.2, 0) is 16.0 Å². The molecule has 2 atom stereocenters. The van der Waals surface area contributed by atoms with Crippen LogP contribution in [0.4, 0.5) is 5.69 Å². The summed E-state index contributed by atoms with van der Waals surface area (Å²) in [5.74, 6) is -1.98. The van der Waals surface area contributed by atoms with Crippen LogP contribution in [0.2, 0.25) is 0 Å². The number of aliphatic carboxylic acids is 1. The lowest BCUT2D eigenvalue weighted by atomic mass is 10.0. The van der Waals surface area contributed by atoms with Gasteiger partial charge in [0.05, 0.1) is 17.3 Å². The zero-order valence-electron chi connectivity index (χ0n) is 11.2. The van der Waals surface area contributed by atoms with Crippen LogP contribution in [-0.4, -0.2) is 27.9 Å². The average Bonchev–Trinajstić information content (AvgIpc) is 2.37. The second kappa shape index (κ2) is 6.65. The van der Waals surface area contributed by atoms with Crippen LogP contribution >= 0.6 is 0 Å². The first-order chi connectivity index (χ1) is 9.31. The molecular weight excluding hydrogens is 264 g/mol. The zero-order chi connectivity index (χ0) is 15.3. The van der Waals surface area contributed by atoms with E-state index in [1.807, 2.05) is 0 Å². The predicted octanol–water partition coefficient (Wildman–Crippen LogP) is 1.36. The molecular formula is C13H16N2O5. The van der Waals surface area contributed by atoms with Crippen molar-refractivity contribution < 1.29 is 19.6 Å². The van der Waals surface area contributed by atoms with Gasteiger partial charge in [-0.1, -0.05) is 12.1 Å². The van der Waals surface area contributed by atoms with Gasteiger partial charge >= 0.3 is 5.97 Å². The van der Waals surface area contributed by atoms with Crippen LogP contribution in [0.1, 0.15) is 19.4 Å². The van der Waals surface area contributed by atoms with E-state index in [0.717, 1.165) is 0 Å². The van der Waals surface area contributed by atoms with Gasteiger partial charge in [-0.2, -0.15) is 0 Å². The van der Waals surface area contributed by atoms with Gasteiger partial charge in [0, 0.05) is 18.2 Å². The van der Waals surface area contributed by atoms with Gasteiger partial charge in [0.25, 0.3) is 5.69 Å². The van der Waals surface area contributed by atoms with Crippen molar-refractivity contribution in [1.29, 1.82) is 0 Å². The van der Waals surface area contributed by atoms with Crippen LogP contribution in [0.5, 0.6) is 0 Å². The lowest BCUT2D eigenvalue weighted by Gasteiger charge is -2.17. The minimum absolute atomic E-state index is 0.0398. The Bertz CT molecular complexity index is 512. The van der Waals surface area contributed by atoms with E-state index in [9.17, 15) is 19.7 Å². The molecule has 0 aliphatic carbocycles. The van der Waals surface area contributed by atoms with E-state index in [1.165, 1.54) is 31.2 Å². The van der Waals surface area contributed by atoms with Crippen molar-refractivity contribution >= 4 is 17.6 Å². The number of nitro benzene ring substituents is 1. The number of carbonyl (C=O) groups excluding carboxylic acids is 1. The SMILES string of the molecule is CC(NC(=O)Cc1ccc([N+](=O)[O-])cc1)C(C)C(=O)O. The smallest absolute Gasteiger partial charge is 0.308 e. The number of nitrogens with zero attached hydrogens (tertiary/aromatic N) is 1. The Balaban J connectivity index is 2.58. The summed E-state index contributed by atoms with van der Waals surface area (Å²) >= 11 is 0. The molecule has 0 saturated heterocycles. The normalized spacial score (nSPS) is 13.3. The molecule has 0 aliphatic heterocycles. The summed E-state index contributed by atoms with van der Waals surface area (Å²) in [6, 6.07) is 5.17. The maximum absolute atomic E-state index is 11.7. The summed E-state index contributed by atoms with van der Waals surface area (Å²) in [5, 5.41) is 21.9. The molecule has 1 rings (SSSR count). The summed E-state index contributed by atoms with van der Waals surface area (Å²) in [5.41, 5.74) is 0.588. The standard InChI is InChI=1S/C13H16N2O5/c1-8(13(17)18)9(2)14-12(16)7-10-3-5-11(6-4-10)15(19)20/h3-6,8-9H,7H2,1-2H3,(H,14,16)(H,17,18). The van der Waals surface area contributed by atoms with Crippen molar-refractivity contribution in [1.82, 2.24) is 5.32 Å². The van der Waals surface area contributed by atoms with Crippen molar-refractivity contribution in [2.75, 3.05) is 0 Å². The highest BCUT2D eigenvalue weighted by Gasteiger charge is 2.20. The third-order valence-electron chi connectivity index (χ3n) is 3.04. The van der Waals surface area contributed by atoms with E-state index < -0.39 is 22.9 Å². The van der Waals surface area contributed by atoms with Crippen molar-refractivity contribution in [3.8, 4) is 0 Å². The predicted molar refractivity (Wildman–Crippen MR) is 71.2 cm³/mol. The molecule has 7 nitrogen and oxygen atoms in total. The van der Waals surface area contributed by atoms with Crippen molar-refractivity contribution in [3.05, 3.63) is 39.9 Å². The van der Waals surface area contributed by atoms with Crippen LogP contribution < -0.4 is 5.32 Å². The molecule has 7 heteroatoms. The molecule has 20 heavy (non-hydrogen) atoms. The fourth-order valence-electron chi connectivity index (χ4n) is 1.56. The number of non-ortho nitro benzene ring substituents is 1. The van der Waals surface area contributed by atoms with Crippen LogP contribution in [0.25, 0.3) is 0 Å². The van der Waals surface area contributed by atoms with Crippen molar-refractivity contribution in [2.24, 2.45) is 5.92 Å². The van der Waals surface area contributed by atoms with E-state index in [0.29, 0.717) is 5.56 Å². The van der Waals surface area contributed by atoms with E-state index in [4.69, 9.17) is 5.11 Å². The molecule has 108 valence electrons. The van der Waals surface area contributed by atoms with Crippen LogP contribution in [0.15, 0.2) is 24.3 Å². The first kappa shape index (κ1) is 15.6. The van der Waals surface area contributed by atoms with Gasteiger partial charge in [0.1, 0.15) is 0 Å². The highest BCUT2D eigenvalue weighted by atomic mass is 16.6. The molecule has 0 aromatic heterocycles. The molecule has 0 saturated carbocycles. The average molecular weight is 280 g/mol. The fourth-order valence-corrected chi connectivity index (χ4v) is 1.56. The number of rotatable bonds is 6. The lowest BCUT2D eigenvalue weighted by molar-refractivity contribution is -0.384. The van der Waals surface area contributed by atoms with Crippen molar-refractivity contribution in [2.45, 2.75) is 26.3 Å². The Hall–Kier alpha value is -2.44. The summed E-state index contributed by atoms with van der Waals surface area (Å²) in [7, 11) is 0. The molecule has 0 spiro atoms. The molecule has 2 N–H and O–H groups in total. The van der Waals surface area contributed by atoms with Crippen LogP contribution in [0, 0.1) is 16.0 Å². The quantitative estimate of drug-likeness (QED) is 0.604. The van der Waals surface area contributed by atoms with E-state index >= 15 is 0 Å². The number of nitrogens with one attached hydrogen (secondary N) is 1. The van der Waals surface area contributed by atoms with Gasteiger partial charge in [0.2, 0.25) is 5.91 Å². The number of benzene rings is 1. The molecule has 0 fully saturated rings. The molecule has 0 aliphatic rings. The minimum atomic E-state index is -0.979. The highest BCUT2D eigenvalue weighted by Crippen LogP contribution is 2.12. The Morgan fingerprint density at radius 3 is 2.30 bits per heavy atom. The lowest BCUT2D eigenvalue weighted by Crippen LogP contribution is -2.40.